The lowest BCUT2D eigenvalue weighted by atomic mass is 10.2. The van der Waals surface area contributed by atoms with Crippen molar-refractivity contribution < 1.29 is 9.53 Å². The Morgan fingerprint density at radius 1 is 1.35 bits per heavy atom. The van der Waals surface area contributed by atoms with Gasteiger partial charge >= 0.3 is 0 Å². The Morgan fingerprint density at radius 3 is 2.81 bits per heavy atom. The first-order chi connectivity index (χ1) is 12.7. The van der Waals surface area contributed by atoms with E-state index in [1.807, 2.05) is 35.2 Å². The first-order valence-electron chi connectivity index (χ1n) is 8.71. The molecule has 2 heterocycles. The average Bonchev–Trinajstić information content (AvgIpc) is 3.42. The molecule has 1 unspecified atom stereocenters. The van der Waals surface area contributed by atoms with Crippen molar-refractivity contribution in [1.29, 1.82) is 0 Å². The number of hydrogen-bond donors (Lipinski definition) is 3. The fourth-order valence-electron chi connectivity index (χ4n) is 2.99. The normalized spacial score (nSPS) is 18.3. The number of hydrogen-bond acceptors (Lipinski definition) is 7. The summed E-state index contributed by atoms with van der Waals surface area (Å²) >= 11 is 0. The molecule has 1 atom stereocenters. The Labute approximate surface area is 151 Å². The minimum absolute atomic E-state index is 0.0820. The number of benzene rings is 1. The van der Waals surface area contributed by atoms with Crippen LogP contribution in [0.15, 0.2) is 30.3 Å². The van der Waals surface area contributed by atoms with E-state index in [2.05, 4.69) is 20.6 Å². The van der Waals surface area contributed by atoms with E-state index >= 15 is 0 Å². The second kappa shape index (κ2) is 6.80. The van der Waals surface area contributed by atoms with Gasteiger partial charge in [0.05, 0.1) is 0 Å². The minimum atomic E-state index is -0.424. The summed E-state index contributed by atoms with van der Waals surface area (Å²) in [6.45, 7) is 1.23. The molecule has 4 rings (SSSR count). The van der Waals surface area contributed by atoms with E-state index in [1.54, 1.807) is 7.11 Å². The van der Waals surface area contributed by atoms with Gasteiger partial charge in [0, 0.05) is 20.2 Å². The van der Waals surface area contributed by atoms with E-state index in [4.69, 9.17) is 10.5 Å². The Morgan fingerprint density at radius 2 is 2.12 bits per heavy atom. The molecule has 0 radical (unpaired) electrons. The molecule has 1 aliphatic carbocycles. The van der Waals surface area contributed by atoms with Crippen molar-refractivity contribution in [3.63, 3.8) is 0 Å². The molecular formula is C18H22N6O2. The van der Waals surface area contributed by atoms with E-state index in [1.165, 1.54) is 0 Å². The summed E-state index contributed by atoms with van der Waals surface area (Å²) in [5.41, 5.74) is 7.76. The highest BCUT2D eigenvalue weighted by Gasteiger charge is 2.34. The monoisotopic (exact) mass is 354 g/mol. The molecule has 1 amide bonds. The molecule has 1 fully saturated rings. The number of amides is 1. The number of carbonyl (C=O) groups excluding carboxylic acids is 1. The molecule has 1 aromatic carbocycles. The third-order valence-electron chi connectivity index (χ3n) is 4.61. The molecule has 8 nitrogen and oxygen atoms in total. The number of methoxy groups -OCH3 is 1. The van der Waals surface area contributed by atoms with Crippen LogP contribution in [-0.2, 0) is 11.3 Å². The van der Waals surface area contributed by atoms with Crippen molar-refractivity contribution in [1.82, 2.24) is 15.3 Å². The molecule has 1 saturated carbocycles. The van der Waals surface area contributed by atoms with Gasteiger partial charge in [-0.15, -0.1) is 0 Å². The van der Waals surface area contributed by atoms with Crippen LogP contribution in [0.1, 0.15) is 29.0 Å². The van der Waals surface area contributed by atoms with Gasteiger partial charge in [-0.05, 0) is 24.3 Å². The second-order valence-corrected chi connectivity index (χ2v) is 6.63. The quantitative estimate of drug-likeness (QED) is 0.723. The zero-order valence-corrected chi connectivity index (χ0v) is 14.6. The summed E-state index contributed by atoms with van der Waals surface area (Å²) in [6, 6.07) is 9.98. The molecule has 2 aliphatic rings. The van der Waals surface area contributed by atoms with Gasteiger partial charge in [0.1, 0.15) is 5.69 Å². The van der Waals surface area contributed by atoms with Crippen LogP contribution < -0.4 is 21.3 Å². The van der Waals surface area contributed by atoms with Crippen molar-refractivity contribution in [3.8, 4) is 0 Å². The van der Waals surface area contributed by atoms with Gasteiger partial charge in [-0.2, -0.15) is 0 Å². The van der Waals surface area contributed by atoms with E-state index in [0.29, 0.717) is 30.5 Å². The van der Waals surface area contributed by atoms with Crippen molar-refractivity contribution in [2.45, 2.75) is 25.7 Å². The van der Waals surface area contributed by atoms with E-state index < -0.39 is 6.35 Å². The molecular weight excluding hydrogens is 332 g/mol. The van der Waals surface area contributed by atoms with Crippen molar-refractivity contribution in [2.24, 2.45) is 5.92 Å². The predicted octanol–water partition coefficient (Wildman–Crippen LogP) is 1.56. The molecule has 4 N–H and O–H groups in total. The first kappa shape index (κ1) is 16.6. The number of nitrogens with one attached hydrogen (secondary N) is 2. The van der Waals surface area contributed by atoms with E-state index in [9.17, 15) is 4.79 Å². The highest BCUT2D eigenvalue weighted by Crippen LogP contribution is 2.37. The summed E-state index contributed by atoms with van der Waals surface area (Å²) in [7, 11) is 1.61. The van der Waals surface area contributed by atoms with Gasteiger partial charge in [0.25, 0.3) is 5.91 Å². The third-order valence-corrected chi connectivity index (χ3v) is 4.61. The van der Waals surface area contributed by atoms with Gasteiger partial charge in [-0.3, -0.25) is 4.79 Å². The second-order valence-electron chi connectivity index (χ2n) is 6.63. The zero-order chi connectivity index (χ0) is 18.1. The largest absolute Gasteiger partial charge is 0.382 e. The van der Waals surface area contributed by atoms with Crippen molar-refractivity contribution in [3.05, 3.63) is 41.7 Å². The Kier molecular flexibility index (Phi) is 4.34. The number of nitrogen functional groups attached to an aromatic ring is 1. The number of carbonyl (C=O) groups is 1. The average molecular weight is 354 g/mol. The maximum absolute atomic E-state index is 12.4. The molecule has 1 aliphatic heterocycles. The highest BCUT2D eigenvalue weighted by atomic mass is 16.5. The highest BCUT2D eigenvalue weighted by molar-refractivity contribution is 5.93. The van der Waals surface area contributed by atoms with Crippen LogP contribution in [0.5, 0.6) is 0 Å². The van der Waals surface area contributed by atoms with Gasteiger partial charge in [0.2, 0.25) is 12.2 Å². The molecule has 1 aromatic heterocycles. The maximum atomic E-state index is 12.4. The maximum Gasteiger partial charge on any atom is 0.289 e. The smallest absolute Gasteiger partial charge is 0.289 e. The van der Waals surface area contributed by atoms with Gasteiger partial charge in [0.15, 0.2) is 11.6 Å². The topological polar surface area (TPSA) is 105 Å². The molecule has 0 saturated heterocycles. The number of nitrogens with zero attached hydrogens (tertiary/aromatic N) is 3. The molecule has 136 valence electrons. The van der Waals surface area contributed by atoms with Crippen LogP contribution >= 0.6 is 0 Å². The summed E-state index contributed by atoms with van der Waals surface area (Å²) in [6.07, 6.45) is 1.90. The van der Waals surface area contributed by atoms with Crippen molar-refractivity contribution in [2.75, 3.05) is 29.6 Å². The molecule has 2 aromatic rings. The molecule has 26 heavy (non-hydrogen) atoms. The number of fused-ring (bicyclic) bond motifs is 1. The summed E-state index contributed by atoms with van der Waals surface area (Å²) in [5.74, 6) is 1.18. The summed E-state index contributed by atoms with van der Waals surface area (Å²) < 4.78 is 5.51. The van der Waals surface area contributed by atoms with Gasteiger partial charge in [-0.1, -0.05) is 30.3 Å². The molecule has 8 heteroatoms. The fraction of sp³-hybridized carbons (Fsp3) is 0.389. The van der Waals surface area contributed by atoms with Gasteiger partial charge in [-0.25, -0.2) is 9.97 Å². The lowest BCUT2D eigenvalue weighted by Crippen LogP contribution is -2.37. The van der Waals surface area contributed by atoms with Crippen LogP contribution in [-0.4, -0.2) is 35.9 Å². The van der Waals surface area contributed by atoms with Crippen LogP contribution in [0.2, 0.25) is 0 Å². The van der Waals surface area contributed by atoms with Gasteiger partial charge < -0.3 is 26.0 Å². The van der Waals surface area contributed by atoms with Crippen molar-refractivity contribution >= 4 is 23.2 Å². The minimum Gasteiger partial charge on any atom is -0.382 e. The molecule has 0 spiro atoms. The van der Waals surface area contributed by atoms with E-state index in [0.717, 1.165) is 18.4 Å². The van der Waals surface area contributed by atoms with E-state index in [-0.39, 0.29) is 17.5 Å². The predicted molar refractivity (Wildman–Crippen MR) is 98.5 cm³/mol. The van der Waals surface area contributed by atoms with Crippen LogP contribution in [0.3, 0.4) is 0 Å². The SMILES string of the molecule is COC1Nc2c(N)nc(C(=O)NCC3CC3)nc2N1Cc1ccccc1. The standard InChI is InChI=1S/C18H22N6O2/c1-26-18-21-13-14(19)22-15(17(25)20-9-11-7-8-11)23-16(13)24(18)10-12-5-3-2-4-6-12/h2-6,11,18,21H,7-10H2,1H3,(H,20,25)(H2,19,22,23). The molecule has 0 bridgehead atoms. The Hall–Kier alpha value is -2.87. The number of nitrogens with two attached hydrogens (primary N) is 1. The number of rotatable bonds is 6. The lowest BCUT2D eigenvalue weighted by molar-refractivity contribution is 0.0941. The van der Waals surface area contributed by atoms with Crippen LogP contribution in [0.25, 0.3) is 0 Å². The zero-order valence-electron chi connectivity index (χ0n) is 14.6. The fourth-order valence-corrected chi connectivity index (χ4v) is 2.99. The Balaban J connectivity index is 1.61. The summed E-state index contributed by atoms with van der Waals surface area (Å²) in [4.78, 5) is 22.9. The van der Waals surface area contributed by atoms with Crippen LogP contribution in [0.4, 0.5) is 17.3 Å². The Bertz CT molecular complexity index is 809. The number of anilines is 3. The van der Waals surface area contributed by atoms with Crippen LogP contribution in [0, 0.1) is 5.92 Å². The summed E-state index contributed by atoms with van der Waals surface area (Å²) in [5, 5.41) is 6.05. The number of ether oxygens (including phenoxy) is 1. The lowest BCUT2D eigenvalue weighted by Gasteiger charge is -2.24. The third kappa shape index (κ3) is 3.28. The number of aromatic nitrogens is 2. The first-order valence-corrected chi connectivity index (χ1v) is 8.71.